The summed E-state index contributed by atoms with van der Waals surface area (Å²) >= 11 is 1.60. The molecule has 0 saturated carbocycles. The van der Waals surface area contributed by atoms with Crippen LogP contribution in [-0.4, -0.2) is 26.0 Å². The SMILES string of the molecule is CSc1n[nH]c(N=P(c2ccccc2)(c2ccccc2)c2ccccc2)c1-c1nc2ccccc2n1C. The average Bonchev–Trinajstić information content (AvgIpc) is 3.52. The fourth-order valence-electron chi connectivity index (χ4n) is 4.81. The number of hydrogen-bond acceptors (Lipinski definition) is 4. The molecule has 0 fully saturated rings. The highest BCUT2D eigenvalue weighted by Gasteiger charge is 2.30. The summed E-state index contributed by atoms with van der Waals surface area (Å²) in [5.74, 6) is 1.60. The Morgan fingerprint density at radius 1 is 0.730 bits per heavy atom. The minimum atomic E-state index is -2.46. The maximum atomic E-state index is 5.68. The van der Waals surface area contributed by atoms with Gasteiger partial charge in [0, 0.05) is 23.0 Å². The van der Waals surface area contributed by atoms with Crippen LogP contribution < -0.4 is 15.9 Å². The first-order valence-electron chi connectivity index (χ1n) is 12.1. The molecule has 0 aliphatic rings. The summed E-state index contributed by atoms with van der Waals surface area (Å²) in [5.41, 5.74) is 2.96. The zero-order valence-electron chi connectivity index (χ0n) is 20.6. The molecule has 37 heavy (non-hydrogen) atoms. The second-order valence-electron chi connectivity index (χ2n) is 8.68. The van der Waals surface area contributed by atoms with Crippen molar-refractivity contribution in [1.29, 1.82) is 0 Å². The van der Waals surface area contributed by atoms with Gasteiger partial charge in [-0.1, -0.05) is 103 Å². The van der Waals surface area contributed by atoms with Crippen molar-refractivity contribution in [3.8, 4) is 11.4 Å². The van der Waals surface area contributed by atoms with E-state index in [9.17, 15) is 0 Å². The highest BCUT2D eigenvalue weighted by Crippen LogP contribution is 2.51. The zero-order valence-corrected chi connectivity index (χ0v) is 22.3. The van der Waals surface area contributed by atoms with Crippen molar-refractivity contribution >= 4 is 51.6 Å². The number of benzene rings is 4. The summed E-state index contributed by atoms with van der Waals surface area (Å²) in [6, 6.07) is 40.1. The van der Waals surface area contributed by atoms with Gasteiger partial charge in [0.25, 0.3) is 0 Å². The number of fused-ring (bicyclic) bond motifs is 1. The smallest absolute Gasteiger partial charge is 0.159 e. The van der Waals surface area contributed by atoms with Crippen molar-refractivity contribution in [1.82, 2.24) is 19.7 Å². The van der Waals surface area contributed by atoms with Crippen LogP contribution in [0.5, 0.6) is 0 Å². The van der Waals surface area contributed by atoms with Crippen molar-refractivity contribution in [2.75, 3.05) is 6.26 Å². The monoisotopic (exact) mass is 519 g/mol. The quantitative estimate of drug-likeness (QED) is 0.202. The standard InChI is InChI=1S/C30H26N5PS/c1-35-26-21-13-12-20-25(26)31-29(35)27-28(32-33-30(27)37-2)34-36(22-14-6-3-7-15-22,23-16-8-4-9-17-23)24-18-10-5-11-19-24/h3-21H,1-2H3,(H,32,33). The molecule has 2 aromatic heterocycles. The molecule has 4 aromatic carbocycles. The topological polar surface area (TPSA) is 58.9 Å². The molecule has 182 valence electrons. The number of rotatable bonds is 6. The number of aryl methyl sites for hydroxylation is 1. The van der Waals surface area contributed by atoms with Gasteiger partial charge in [0.15, 0.2) is 5.82 Å². The van der Waals surface area contributed by atoms with Gasteiger partial charge in [0.1, 0.15) is 10.9 Å². The van der Waals surface area contributed by atoms with Crippen molar-refractivity contribution < 1.29 is 0 Å². The number of nitrogens with zero attached hydrogens (tertiary/aromatic N) is 4. The Morgan fingerprint density at radius 3 is 1.76 bits per heavy atom. The van der Waals surface area contributed by atoms with Crippen molar-refractivity contribution in [3.05, 3.63) is 115 Å². The third kappa shape index (κ3) is 4.03. The Bertz CT molecular complexity index is 1620. The Kier molecular flexibility index (Phi) is 6.29. The molecule has 6 rings (SSSR count). The molecule has 2 heterocycles. The maximum absolute atomic E-state index is 5.68. The van der Waals surface area contributed by atoms with Crippen LogP contribution >= 0.6 is 18.8 Å². The lowest BCUT2D eigenvalue weighted by molar-refractivity contribution is 0.950. The van der Waals surface area contributed by atoms with Gasteiger partial charge < -0.3 is 4.57 Å². The lowest BCUT2D eigenvalue weighted by Crippen LogP contribution is -2.25. The molecule has 7 heteroatoms. The van der Waals surface area contributed by atoms with Gasteiger partial charge in [-0.2, -0.15) is 5.10 Å². The van der Waals surface area contributed by atoms with E-state index in [1.165, 1.54) is 15.9 Å². The first-order valence-corrected chi connectivity index (χ1v) is 15.0. The van der Waals surface area contributed by atoms with Gasteiger partial charge in [-0.3, -0.25) is 5.10 Å². The van der Waals surface area contributed by atoms with Crippen molar-refractivity contribution in [3.63, 3.8) is 0 Å². The largest absolute Gasteiger partial charge is 0.327 e. The number of aromatic amines is 1. The molecule has 5 nitrogen and oxygen atoms in total. The summed E-state index contributed by atoms with van der Waals surface area (Å²) in [5, 5.41) is 12.4. The predicted molar refractivity (Wildman–Crippen MR) is 157 cm³/mol. The number of nitrogens with one attached hydrogen (secondary N) is 1. The summed E-state index contributed by atoms with van der Waals surface area (Å²) in [7, 11) is -0.407. The van der Waals surface area contributed by atoms with Gasteiger partial charge in [-0.05, 0) is 18.4 Å². The molecule has 0 atom stereocenters. The van der Waals surface area contributed by atoms with E-state index in [1.54, 1.807) is 11.8 Å². The van der Waals surface area contributed by atoms with Gasteiger partial charge in [-0.15, -0.1) is 11.8 Å². The highest BCUT2D eigenvalue weighted by molar-refractivity contribution is 7.98. The summed E-state index contributed by atoms with van der Waals surface area (Å²) in [6.07, 6.45) is 2.04. The van der Waals surface area contributed by atoms with E-state index in [4.69, 9.17) is 14.8 Å². The average molecular weight is 520 g/mol. The molecule has 1 N–H and O–H groups in total. The predicted octanol–water partition coefficient (Wildman–Crippen LogP) is 6.49. The van der Waals surface area contributed by atoms with Crippen molar-refractivity contribution in [2.24, 2.45) is 11.8 Å². The highest BCUT2D eigenvalue weighted by atomic mass is 32.2. The van der Waals surface area contributed by atoms with Gasteiger partial charge >= 0.3 is 0 Å². The van der Waals surface area contributed by atoms with E-state index >= 15 is 0 Å². The van der Waals surface area contributed by atoms with E-state index in [-0.39, 0.29) is 0 Å². The molecule has 0 aliphatic heterocycles. The number of thioether (sulfide) groups is 1. The molecule has 0 radical (unpaired) electrons. The summed E-state index contributed by atoms with van der Waals surface area (Å²) < 4.78 is 7.82. The Morgan fingerprint density at radius 2 is 1.24 bits per heavy atom. The zero-order chi connectivity index (χ0) is 25.2. The minimum Gasteiger partial charge on any atom is -0.327 e. The fourth-order valence-corrected chi connectivity index (χ4v) is 8.83. The lowest BCUT2D eigenvalue weighted by atomic mass is 10.3. The molecular weight excluding hydrogens is 493 g/mol. The fraction of sp³-hybridized carbons (Fsp3) is 0.0667. The Labute approximate surface area is 220 Å². The van der Waals surface area contributed by atoms with E-state index in [0.717, 1.165) is 33.3 Å². The molecule has 0 unspecified atom stereocenters. The Hall–Kier alpha value is -3.86. The van der Waals surface area contributed by atoms with Crippen LogP contribution in [0.4, 0.5) is 5.82 Å². The minimum absolute atomic E-state index is 0.743. The normalized spacial score (nSPS) is 11.6. The molecule has 0 spiro atoms. The third-order valence-electron chi connectivity index (χ3n) is 6.56. The van der Waals surface area contributed by atoms with Crippen LogP contribution in [-0.2, 0) is 7.05 Å². The number of H-pyrrole nitrogens is 1. The molecule has 0 aliphatic carbocycles. The van der Waals surface area contributed by atoms with Gasteiger partial charge in [-0.25, -0.2) is 9.73 Å². The van der Waals surface area contributed by atoms with Crippen LogP contribution in [0.2, 0.25) is 0 Å². The number of para-hydroxylation sites is 2. The number of hydrogen-bond donors (Lipinski definition) is 1. The third-order valence-corrected chi connectivity index (χ3v) is 10.9. The van der Waals surface area contributed by atoms with Gasteiger partial charge in [0.2, 0.25) is 0 Å². The van der Waals surface area contributed by atoms with E-state index in [1.807, 2.05) is 24.5 Å². The molecule has 0 bridgehead atoms. The first kappa shape index (κ1) is 23.5. The first-order chi connectivity index (χ1) is 18.2. The van der Waals surface area contributed by atoms with E-state index in [0.29, 0.717) is 0 Å². The molecule has 0 saturated heterocycles. The van der Waals surface area contributed by atoms with Crippen LogP contribution in [0.3, 0.4) is 0 Å². The molecule has 6 aromatic rings. The van der Waals surface area contributed by atoms with E-state index in [2.05, 4.69) is 114 Å². The van der Waals surface area contributed by atoms with E-state index < -0.39 is 7.05 Å². The second kappa shape index (κ2) is 9.89. The van der Waals surface area contributed by atoms with Crippen LogP contribution in [0.15, 0.2) is 125 Å². The molecular formula is C30H26N5PS. The van der Waals surface area contributed by atoms with Crippen LogP contribution in [0, 0.1) is 0 Å². The van der Waals surface area contributed by atoms with Crippen molar-refractivity contribution in [2.45, 2.75) is 5.03 Å². The molecule has 0 amide bonds. The second-order valence-corrected chi connectivity index (χ2v) is 12.5. The lowest BCUT2D eigenvalue weighted by Gasteiger charge is -2.26. The number of imidazole rings is 1. The maximum Gasteiger partial charge on any atom is 0.159 e. The summed E-state index contributed by atoms with van der Waals surface area (Å²) in [4.78, 5) is 5.01. The van der Waals surface area contributed by atoms with Crippen LogP contribution in [0.1, 0.15) is 0 Å². The number of aromatic nitrogens is 4. The summed E-state index contributed by atoms with van der Waals surface area (Å²) in [6.45, 7) is 0. The van der Waals surface area contributed by atoms with Crippen LogP contribution in [0.25, 0.3) is 22.4 Å². The van der Waals surface area contributed by atoms with Gasteiger partial charge in [0.05, 0.1) is 23.7 Å². The Balaban J connectivity index is 1.73.